The summed E-state index contributed by atoms with van der Waals surface area (Å²) in [5.41, 5.74) is 5.00. The molecule has 10 heteroatoms. The van der Waals surface area contributed by atoms with Gasteiger partial charge in [0.05, 0.1) is 11.4 Å². The molecule has 2 aliphatic rings. The Labute approximate surface area is 208 Å². The first kappa shape index (κ1) is 27.3. The van der Waals surface area contributed by atoms with Gasteiger partial charge in [0.1, 0.15) is 0 Å². The highest BCUT2D eigenvalue weighted by atomic mass is 16.5. The van der Waals surface area contributed by atoms with Crippen LogP contribution in [-0.2, 0) is 32.2 Å². The minimum atomic E-state index is -1.12. The van der Waals surface area contributed by atoms with Crippen LogP contribution < -0.4 is 16.4 Å². The first-order valence-electron chi connectivity index (χ1n) is 12.0. The zero-order chi connectivity index (χ0) is 26.2. The molecule has 0 aromatic carbocycles. The molecule has 10 nitrogen and oxygen atoms in total. The number of pyridine rings is 1. The lowest BCUT2D eigenvalue weighted by atomic mass is 9.95. The molecule has 196 valence electrons. The first-order valence-corrected chi connectivity index (χ1v) is 12.0. The number of rotatable bonds is 2. The van der Waals surface area contributed by atoms with E-state index in [9.17, 15) is 9.59 Å². The third-order valence-corrected chi connectivity index (χ3v) is 6.78. The topological polar surface area (TPSA) is 122 Å². The van der Waals surface area contributed by atoms with E-state index >= 15 is 0 Å². The summed E-state index contributed by atoms with van der Waals surface area (Å²) in [6.45, 7) is 13.8. The van der Waals surface area contributed by atoms with Crippen LogP contribution in [0, 0.1) is 0 Å². The fraction of sp³-hybridized carbons (Fsp3) is 0.720. The van der Waals surface area contributed by atoms with Gasteiger partial charge in [-0.2, -0.15) is 0 Å². The van der Waals surface area contributed by atoms with Gasteiger partial charge in [0.15, 0.2) is 11.2 Å². The minimum absolute atomic E-state index is 0.193. The van der Waals surface area contributed by atoms with Crippen molar-refractivity contribution >= 4 is 17.5 Å². The van der Waals surface area contributed by atoms with Crippen molar-refractivity contribution in [2.75, 3.05) is 46.1 Å². The van der Waals surface area contributed by atoms with Crippen molar-refractivity contribution in [2.24, 2.45) is 0 Å². The van der Waals surface area contributed by atoms with Crippen LogP contribution in [0.2, 0.25) is 0 Å². The van der Waals surface area contributed by atoms with Crippen LogP contribution in [0.3, 0.4) is 0 Å². The molecule has 0 fully saturated rings. The largest absolute Gasteiger partial charge is 0.399 e. The zero-order valence-corrected chi connectivity index (χ0v) is 22.4. The van der Waals surface area contributed by atoms with Crippen molar-refractivity contribution in [3.05, 3.63) is 23.5 Å². The monoisotopic (exact) mass is 490 g/mol. The maximum absolute atomic E-state index is 13.5. The summed E-state index contributed by atoms with van der Waals surface area (Å²) < 4.78 is 11.6. The third-order valence-electron chi connectivity index (χ3n) is 6.78. The fourth-order valence-electron chi connectivity index (χ4n) is 5.02. The molecule has 4 N–H and O–H groups in total. The Morgan fingerprint density at radius 2 is 1.14 bits per heavy atom. The number of carbonyl (C=O) groups is 2. The molecular weight excluding hydrogens is 448 g/mol. The maximum Gasteiger partial charge on any atom is 0.253 e. The summed E-state index contributed by atoms with van der Waals surface area (Å²) in [6, 6.07) is 3.72. The Bertz CT molecular complexity index is 895. The number of fused-ring (bicyclic) bond motifs is 2. The average Bonchev–Trinajstić information content (AvgIpc) is 2.70. The predicted molar refractivity (Wildman–Crippen MR) is 134 cm³/mol. The molecule has 3 heterocycles. The van der Waals surface area contributed by atoms with Gasteiger partial charge in [0.25, 0.3) is 11.8 Å². The van der Waals surface area contributed by atoms with E-state index in [1.807, 2.05) is 39.8 Å². The van der Waals surface area contributed by atoms with Crippen molar-refractivity contribution in [1.82, 2.24) is 25.4 Å². The Morgan fingerprint density at radius 3 is 1.49 bits per heavy atom. The molecule has 1 aromatic heterocycles. The van der Waals surface area contributed by atoms with Gasteiger partial charge in [-0.3, -0.25) is 24.4 Å². The van der Waals surface area contributed by atoms with E-state index in [-0.39, 0.29) is 11.8 Å². The number of hydrogen-bond acceptors (Lipinski definition) is 8. The molecule has 0 aliphatic carbocycles. The van der Waals surface area contributed by atoms with Crippen molar-refractivity contribution in [3.63, 3.8) is 0 Å². The number of nitrogen functional groups attached to an aromatic ring is 1. The van der Waals surface area contributed by atoms with Crippen LogP contribution >= 0.6 is 0 Å². The molecule has 0 saturated carbocycles. The van der Waals surface area contributed by atoms with Crippen LogP contribution in [0.25, 0.3) is 0 Å². The number of carbonyl (C=O) groups excluding carboxylic acids is 2. The lowest BCUT2D eigenvalue weighted by Gasteiger charge is -2.43. The number of anilines is 1. The van der Waals surface area contributed by atoms with Gasteiger partial charge in [-0.05, 0) is 53.7 Å². The summed E-state index contributed by atoms with van der Waals surface area (Å²) >= 11 is 0. The second-order valence-corrected chi connectivity index (χ2v) is 11.7. The van der Waals surface area contributed by atoms with Crippen molar-refractivity contribution in [3.8, 4) is 0 Å². The summed E-state index contributed by atoms with van der Waals surface area (Å²) in [7, 11) is 3.10. The van der Waals surface area contributed by atoms with Crippen LogP contribution in [0.1, 0.15) is 52.9 Å². The molecule has 0 radical (unpaired) electrons. The molecule has 35 heavy (non-hydrogen) atoms. The summed E-state index contributed by atoms with van der Waals surface area (Å²) in [4.78, 5) is 36.2. The van der Waals surface area contributed by atoms with E-state index in [0.717, 1.165) is 11.4 Å². The lowest BCUT2D eigenvalue weighted by molar-refractivity contribution is -0.150. The smallest absolute Gasteiger partial charge is 0.253 e. The van der Waals surface area contributed by atoms with E-state index in [0.29, 0.717) is 45.0 Å². The van der Waals surface area contributed by atoms with Crippen LogP contribution in [0.4, 0.5) is 5.69 Å². The molecule has 2 amide bonds. The highest BCUT2D eigenvalue weighted by Crippen LogP contribution is 2.25. The van der Waals surface area contributed by atoms with Crippen molar-refractivity contribution < 1.29 is 19.1 Å². The number of methoxy groups -OCH3 is 2. The Kier molecular flexibility index (Phi) is 7.53. The van der Waals surface area contributed by atoms with Gasteiger partial charge in [0, 0.05) is 70.3 Å². The highest BCUT2D eigenvalue weighted by Gasteiger charge is 2.43. The number of nitrogens with zero attached hydrogens (tertiary/aromatic N) is 3. The molecule has 0 spiro atoms. The predicted octanol–water partition coefficient (Wildman–Crippen LogP) is 0.895. The van der Waals surface area contributed by atoms with Crippen molar-refractivity contribution in [2.45, 2.75) is 76.9 Å². The third kappa shape index (κ3) is 6.49. The zero-order valence-electron chi connectivity index (χ0n) is 22.4. The number of amides is 2. The number of nitrogens with two attached hydrogens (primary N) is 1. The summed E-state index contributed by atoms with van der Waals surface area (Å²) in [5.74, 6) is -0.386. The number of hydrogen-bond donors (Lipinski definition) is 3. The normalized spacial score (nSPS) is 33.5. The van der Waals surface area contributed by atoms with Gasteiger partial charge >= 0.3 is 0 Å². The van der Waals surface area contributed by atoms with E-state index in [4.69, 9.17) is 20.2 Å². The molecule has 2 aliphatic heterocycles. The van der Waals surface area contributed by atoms with E-state index in [1.54, 1.807) is 28.1 Å². The van der Waals surface area contributed by atoms with Crippen LogP contribution in [0.15, 0.2) is 12.1 Å². The second kappa shape index (κ2) is 9.65. The molecule has 0 saturated heterocycles. The average molecular weight is 491 g/mol. The fourth-order valence-corrected chi connectivity index (χ4v) is 5.02. The van der Waals surface area contributed by atoms with Gasteiger partial charge in [-0.1, -0.05) is 0 Å². The molecule has 2 unspecified atom stereocenters. The van der Waals surface area contributed by atoms with Gasteiger partial charge in [-0.15, -0.1) is 0 Å². The van der Waals surface area contributed by atoms with Gasteiger partial charge < -0.3 is 25.8 Å². The highest BCUT2D eigenvalue weighted by molar-refractivity contribution is 5.86. The van der Waals surface area contributed by atoms with Gasteiger partial charge in [-0.25, -0.2) is 0 Å². The quantitative estimate of drug-likeness (QED) is 0.559. The lowest BCUT2D eigenvalue weighted by Crippen LogP contribution is -2.65. The van der Waals surface area contributed by atoms with Gasteiger partial charge in [0.2, 0.25) is 0 Å². The molecule has 4 bridgehead atoms. The molecular formula is C25H42N6O4. The molecule has 3 rings (SSSR count). The molecule has 4 atom stereocenters. The minimum Gasteiger partial charge on any atom is -0.399 e. The SMILES string of the molecule is CO[C@]1(C)CN2Cc3cc(N)cc(n3)CN(CC(C)(C)NC1=O)C[C@](C)(OC)C(=O)NC(C)(C)C2. The van der Waals surface area contributed by atoms with E-state index in [1.165, 1.54) is 0 Å². The number of aromatic nitrogens is 1. The Hall–Kier alpha value is -2.27. The first-order chi connectivity index (χ1) is 16.1. The summed E-state index contributed by atoms with van der Waals surface area (Å²) in [6.07, 6.45) is 0. The standard InChI is InChI=1S/C25H42N6O4/c1-22(2)13-30-11-18-9-17(26)10-19(27-18)12-31(16-24(5,34-7)20(32)28-22)14-23(3,4)29-21(33)25(6,15-30)35-8/h9-10H,11-16H2,1-8H3,(H2,26,27)(H,28,32)(H,29,33)/t24-,25+. The summed E-state index contributed by atoms with van der Waals surface area (Å²) in [5, 5.41) is 6.37. The maximum atomic E-state index is 13.5. The Morgan fingerprint density at radius 1 is 0.771 bits per heavy atom. The van der Waals surface area contributed by atoms with Crippen molar-refractivity contribution in [1.29, 1.82) is 0 Å². The molecule has 1 aromatic rings. The van der Waals surface area contributed by atoms with Crippen LogP contribution in [-0.4, -0.2) is 89.3 Å². The Balaban J connectivity index is 2.23. The van der Waals surface area contributed by atoms with E-state index in [2.05, 4.69) is 20.4 Å². The number of ether oxygens (including phenoxy) is 2. The number of nitrogens with one attached hydrogen (secondary N) is 2. The second-order valence-electron chi connectivity index (χ2n) is 11.7. The van der Waals surface area contributed by atoms with Crippen LogP contribution in [0.5, 0.6) is 0 Å². The van der Waals surface area contributed by atoms with E-state index < -0.39 is 22.3 Å².